The Morgan fingerprint density at radius 1 is 1.17 bits per heavy atom. The van der Waals surface area contributed by atoms with E-state index in [0.717, 1.165) is 24.8 Å². The van der Waals surface area contributed by atoms with E-state index >= 15 is 0 Å². The maximum Gasteiger partial charge on any atom is 0.330 e. The quantitative estimate of drug-likeness (QED) is 0.285. The third-order valence-electron chi connectivity index (χ3n) is 3.61. The number of esters is 1. The van der Waals surface area contributed by atoms with Crippen molar-refractivity contribution in [2.24, 2.45) is 5.92 Å². The van der Waals surface area contributed by atoms with E-state index in [1.54, 1.807) is 0 Å². The van der Waals surface area contributed by atoms with Crippen LogP contribution < -0.4 is 0 Å². The minimum Gasteiger partial charge on any atom is -0.463 e. The van der Waals surface area contributed by atoms with Gasteiger partial charge in [-0.05, 0) is 72.8 Å². The van der Waals surface area contributed by atoms with Gasteiger partial charge in [-0.2, -0.15) is 0 Å². The molecule has 0 aromatic rings. The fourth-order valence-corrected chi connectivity index (χ4v) is 2.78. The van der Waals surface area contributed by atoms with Gasteiger partial charge in [0.2, 0.25) is 0 Å². The molecule has 0 aliphatic rings. The first kappa shape index (κ1) is 22.9. The summed E-state index contributed by atoms with van der Waals surface area (Å²) in [7, 11) is 0. The summed E-state index contributed by atoms with van der Waals surface area (Å²) in [6.07, 6.45) is 10.1. The lowest BCUT2D eigenvalue weighted by Crippen LogP contribution is -2.34. The summed E-state index contributed by atoms with van der Waals surface area (Å²) < 4.78 is 11.0. The molecule has 140 valence electrons. The second-order valence-corrected chi connectivity index (χ2v) is 8.25. The van der Waals surface area contributed by atoms with Crippen molar-refractivity contribution in [3.63, 3.8) is 0 Å². The molecule has 0 saturated carbocycles. The molecule has 0 aromatic carbocycles. The monoisotopic (exact) mass is 338 g/mol. The van der Waals surface area contributed by atoms with Crippen LogP contribution in [0.3, 0.4) is 0 Å². The highest BCUT2D eigenvalue weighted by molar-refractivity contribution is 5.83. The summed E-state index contributed by atoms with van der Waals surface area (Å²) in [5.74, 6) is 0.357. The lowest BCUT2D eigenvalue weighted by atomic mass is 9.94. The topological polar surface area (TPSA) is 35.5 Å². The smallest absolute Gasteiger partial charge is 0.330 e. The maximum atomic E-state index is 11.3. The lowest BCUT2D eigenvalue weighted by Gasteiger charge is -2.34. The highest BCUT2D eigenvalue weighted by atomic mass is 16.5. The number of allylic oxidation sites excluding steroid dienone is 3. The Balaban J connectivity index is 4.12. The summed E-state index contributed by atoms with van der Waals surface area (Å²) in [6.45, 7) is 17.1. The van der Waals surface area contributed by atoms with Crippen LogP contribution >= 0.6 is 0 Å². The molecule has 1 atom stereocenters. The van der Waals surface area contributed by atoms with Crippen LogP contribution in [-0.4, -0.2) is 23.8 Å². The first-order valence-electron chi connectivity index (χ1n) is 9.17. The second-order valence-electron chi connectivity index (χ2n) is 8.25. The third kappa shape index (κ3) is 13.4. The average molecular weight is 339 g/mol. The SMILES string of the molecule is CCOC(=O)C=C(C)C=CCC(C)CCCC(C)(C)OC(C)(C)C. The number of hydrogen-bond acceptors (Lipinski definition) is 3. The molecule has 0 bridgehead atoms. The van der Waals surface area contributed by atoms with Gasteiger partial charge in [-0.25, -0.2) is 4.79 Å². The number of carbonyl (C=O) groups excluding carboxylic acids is 1. The van der Waals surface area contributed by atoms with Crippen LogP contribution in [0.15, 0.2) is 23.8 Å². The minimum atomic E-state index is -0.270. The molecule has 0 aromatic heterocycles. The number of hydrogen-bond donors (Lipinski definition) is 0. The van der Waals surface area contributed by atoms with Crippen molar-refractivity contribution in [3.05, 3.63) is 23.8 Å². The summed E-state index contributed by atoms with van der Waals surface area (Å²) in [4.78, 5) is 11.3. The Bertz CT molecular complexity index is 425. The molecule has 0 heterocycles. The highest BCUT2D eigenvalue weighted by Crippen LogP contribution is 2.26. The number of carbonyl (C=O) groups is 1. The van der Waals surface area contributed by atoms with Crippen LogP contribution in [0.25, 0.3) is 0 Å². The summed E-state index contributed by atoms with van der Waals surface area (Å²) in [6, 6.07) is 0. The third-order valence-corrected chi connectivity index (χ3v) is 3.61. The van der Waals surface area contributed by atoms with Gasteiger partial charge in [-0.1, -0.05) is 31.9 Å². The number of ether oxygens (including phenoxy) is 2. The molecule has 0 spiro atoms. The van der Waals surface area contributed by atoms with Crippen molar-refractivity contribution in [1.29, 1.82) is 0 Å². The van der Waals surface area contributed by atoms with Crippen LogP contribution in [-0.2, 0) is 14.3 Å². The summed E-state index contributed by atoms with van der Waals surface area (Å²) in [5, 5.41) is 0. The van der Waals surface area contributed by atoms with Gasteiger partial charge in [0.05, 0.1) is 17.8 Å². The van der Waals surface area contributed by atoms with Crippen LogP contribution in [0.5, 0.6) is 0 Å². The van der Waals surface area contributed by atoms with E-state index in [0.29, 0.717) is 12.5 Å². The molecule has 0 aliphatic heterocycles. The van der Waals surface area contributed by atoms with Gasteiger partial charge in [0.25, 0.3) is 0 Å². The Hall–Kier alpha value is -1.09. The summed E-state index contributed by atoms with van der Waals surface area (Å²) in [5.41, 5.74) is 0.758. The van der Waals surface area contributed by atoms with E-state index in [-0.39, 0.29) is 17.2 Å². The fourth-order valence-electron chi connectivity index (χ4n) is 2.78. The standard InChI is InChI=1S/C21H38O3/c1-9-23-19(22)16-18(3)13-10-12-17(2)14-11-15-21(7,8)24-20(4,5)6/h10,13,16-17H,9,11-12,14-15H2,1-8H3. The van der Waals surface area contributed by atoms with Crippen LogP contribution in [0.2, 0.25) is 0 Å². The molecular formula is C21H38O3. The van der Waals surface area contributed by atoms with E-state index in [1.165, 1.54) is 12.5 Å². The largest absolute Gasteiger partial charge is 0.463 e. The van der Waals surface area contributed by atoms with Gasteiger partial charge in [-0.3, -0.25) is 0 Å². The van der Waals surface area contributed by atoms with E-state index < -0.39 is 0 Å². The molecule has 24 heavy (non-hydrogen) atoms. The second kappa shape index (κ2) is 10.7. The minimum absolute atomic E-state index is 0.0766. The molecule has 0 rings (SSSR count). The lowest BCUT2D eigenvalue weighted by molar-refractivity contribution is -0.137. The van der Waals surface area contributed by atoms with Crippen molar-refractivity contribution in [2.45, 2.75) is 92.3 Å². The molecule has 0 amide bonds. The molecule has 0 fully saturated rings. The van der Waals surface area contributed by atoms with Gasteiger partial charge in [0.15, 0.2) is 0 Å². The zero-order chi connectivity index (χ0) is 18.8. The highest BCUT2D eigenvalue weighted by Gasteiger charge is 2.25. The Morgan fingerprint density at radius 2 is 1.79 bits per heavy atom. The van der Waals surface area contributed by atoms with Crippen LogP contribution in [0.4, 0.5) is 0 Å². The first-order valence-corrected chi connectivity index (χ1v) is 9.17. The summed E-state index contributed by atoms with van der Waals surface area (Å²) >= 11 is 0. The molecule has 3 nitrogen and oxygen atoms in total. The Labute approximate surface area is 149 Å². The zero-order valence-electron chi connectivity index (χ0n) is 17.1. The van der Waals surface area contributed by atoms with Gasteiger partial charge in [-0.15, -0.1) is 0 Å². The van der Waals surface area contributed by atoms with Gasteiger partial charge in [0, 0.05) is 6.08 Å². The molecule has 0 aliphatic carbocycles. The van der Waals surface area contributed by atoms with Crippen molar-refractivity contribution >= 4 is 5.97 Å². The molecule has 0 radical (unpaired) electrons. The average Bonchev–Trinajstić information content (AvgIpc) is 2.35. The Kier molecular flexibility index (Phi) is 10.2. The van der Waals surface area contributed by atoms with Gasteiger partial charge < -0.3 is 9.47 Å². The normalized spacial score (nSPS) is 14.9. The zero-order valence-corrected chi connectivity index (χ0v) is 17.1. The van der Waals surface area contributed by atoms with Crippen molar-refractivity contribution < 1.29 is 14.3 Å². The molecule has 0 N–H and O–H groups in total. The van der Waals surface area contributed by atoms with Crippen molar-refractivity contribution in [2.75, 3.05) is 6.61 Å². The molecule has 0 saturated heterocycles. The maximum absolute atomic E-state index is 11.3. The Morgan fingerprint density at radius 3 is 2.33 bits per heavy atom. The van der Waals surface area contributed by atoms with Gasteiger partial charge >= 0.3 is 5.97 Å². The predicted molar refractivity (Wildman–Crippen MR) is 102 cm³/mol. The molecule has 3 heteroatoms. The van der Waals surface area contributed by atoms with E-state index in [9.17, 15) is 4.79 Å². The molecule has 1 unspecified atom stereocenters. The van der Waals surface area contributed by atoms with Crippen LogP contribution in [0.1, 0.15) is 81.1 Å². The van der Waals surface area contributed by atoms with Crippen LogP contribution in [0, 0.1) is 5.92 Å². The molecular weight excluding hydrogens is 300 g/mol. The van der Waals surface area contributed by atoms with Gasteiger partial charge in [0.1, 0.15) is 0 Å². The van der Waals surface area contributed by atoms with E-state index in [4.69, 9.17) is 9.47 Å². The van der Waals surface area contributed by atoms with Crippen molar-refractivity contribution in [3.8, 4) is 0 Å². The first-order chi connectivity index (χ1) is 10.9. The fraction of sp³-hybridized carbons (Fsp3) is 0.762. The number of rotatable bonds is 10. The van der Waals surface area contributed by atoms with Crippen molar-refractivity contribution in [1.82, 2.24) is 0 Å². The predicted octanol–water partition coefficient (Wildman–Crippen LogP) is 5.84. The van der Waals surface area contributed by atoms with E-state index in [2.05, 4.69) is 47.6 Å². The van der Waals surface area contributed by atoms with E-state index in [1.807, 2.05) is 19.9 Å².